The molecule has 4 rings (SSSR count). The van der Waals surface area contributed by atoms with Crippen LogP contribution in [0.4, 0.5) is 4.79 Å². The molecule has 1 saturated heterocycles. The molecular weight excluding hydrogens is 562 g/mol. The van der Waals surface area contributed by atoms with Crippen LogP contribution in [0.1, 0.15) is 45.6 Å². The number of piperidine rings is 1. The van der Waals surface area contributed by atoms with E-state index in [0.717, 1.165) is 33.9 Å². The van der Waals surface area contributed by atoms with E-state index in [2.05, 4.69) is 54.8 Å². The highest BCUT2D eigenvalue weighted by molar-refractivity contribution is 9.10. The van der Waals surface area contributed by atoms with Crippen LogP contribution in [0, 0.1) is 0 Å². The first kappa shape index (κ1) is 28.8. The Morgan fingerprint density at radius 2 is 1.92 bits per heavy atom. The second kappa shape index (κ2) is 11.9. The van der Waals surface area contributed by atoms with Crippen LogP contribution in [0.2, 0.25) is 18.1 Å². The number of hydrogen-bond donors (Lipinski definition) is 1. The number of ether oxygens (including phenoxy) is 1. The second-order valence-corrected chi connectivity index (χ2v) is 17.4. The Balaban J connectivity index is 1.53. The minimum absolute atomic E-state index is 0.0371. The van der Waals surface area contributed by atoms with E-state index in [1.807, 2.05) is 53.1 Å². The van der Waals surface area contributed by atoms with Gasteiger partial charge in [0, 0.05) is 11.0 Å². The van der Waals surface area contributed by atoms with Crippen LogP contribution in [0.3, 0.4) is 0 Å². The quantitative estimate of drug-likeness (QED) is 0.289. The summed E-state index contributed by atoms with van der Waals surface area (Å²) in [6.07, 6.45) is 2.65. The van der Waals surface area contributed by atoms with Crippen molar-refractivity contribution in [3.05, 3.63) is 64.9 Å². The van der Waals surface area contributed by atoms with Crippen molar-refractivity contribution in [1.29, 1.82) is 0 Å². The van der Waals surface area contributed by atoms with E-state index in [1.54, 1.807) is 11.2 Å². The molecule has 1 aliphatic rings. The molecule has 2 heterocycles. The summed E-state index contributed by atoms with van der Waals surface area (Å²) in [4.78, 5) is 19.7. The van der Waals surface area contributed by atoms with Gasteiger partial charge >= 0.3 is 6.09 Å². The molecule has 1 amide bonds. The smallest absolute Gasteiger partial charge is 0.410 e. The second-order valence-electron chi connectivity index (χ2n) is 11.8. The number of imidazole rings is 1. The van der Waals surface area contributed by atoms with Crippen molar-refractivity contribution in [2.45, 2.75) is 89.6 Å². The Morgan fingerprint density at radius 3 is 2.63 bits per heavy atom. The van der Waals surface area contributed by atoms with Gasteiger partial charge in [0.15, 0.2) is 8.32 Å². The van der Waals surface area contributed by atoms with Crippen molar-refractivity contribution in [3.8, 4) is 0 Å². The van der Waals surface area contributed by atoms with E-state index < -0.39 is 14.4 Å². The number of likely N-dealkylation sites (tertiary alicyclic amines) is 1. The standard InChI is InChI=1S/C29H40BrN3O4Si/c1-29(2,3)38(4,5)37-26-15-10-16-33(28(35)36-19-21-11-7-6-8-12-21)25(26)17-22(34)18-32-20-31-27-23(30)13-9-14-24(27)32/h6-9,11-14,20,22,25-26,34H,10,15-19H2,1-5H3/t22-,25+,26-/m0/s1. The highest BCUT2D eigenvalue weighted by atomic mass is 79.9. The zero-order chi connectivity index (χ0) is 27.5. The van der Waals surface area contributed by atoms with Crippen LogP contribution >= 0.6 is 15.9 Å². The fourth-order valence-electron chi connectivity index (χ4n) is 4.80. The van der Waals surface area contributed by atoms with Crippen molar-refractivity contribution in [2.24, 2.45) is 0 Å². The maximum absolute atomic E-state index is 13.4. The van der Waals surface area contributed by atoms with E-state index in [-0.39, 0.29) is 29.9 Å². The van der Waals surface area contributed by atoms with Crippen LogP contribution in [-0.4, -0.2) is 58.8 Å². The number of carbonyl (C=O) groups excluding carboxylic acids is 1. The number of nitrogens with zero attached hydrogens (tertiary/aromatic N) is 3. The van der Waals surface area contributed by atoms with Crippen LogP contribution in [0.15, 0.2) is 59.3 Å². The van der Waals surface area contributed by atoms with E-state index >= 15 is 0 Å². The Bertz CT molecular complexity index is 1230. The average Bonchev–Trinajstić information content (AvgIpc) is 3.27. The number of rotatable bonds is 8. The number of aliphatic hydroxyl groups is 1. The summed E-state index contributed by atoms with van der Waals surface area (Å²) in [7, 11) is -2.11. The minimum Gasteiger partial charge on any atom is -0.445 e. The molecule has 3 atom stereocenters. The highest BCUT2D eigenvalue weighted by Gasteiger charge is 2.44. The molecule has 0 radical (unpaired) electrons. The van der Waals surface area contributed by atoms with E-state index in [9.17, 15) is 9.90 Å². The Hall–Kier alpha value is -2.20. The molecular formula is C29H40BrN3O4Si. The third kappa shape index (κ3) is 6.68. The lowest BCUT2D eigenvalue weighted by Crippen LogP contribution is -2.57. The molecule has 0 spiro atoms. The summed E-state index contributed by atoms with van der Waals surface area (Å²) < 4.78 is 15.5. The summed E-state index contributed by atoms with van der Waals surface area (Å²) in [5.74, 6) is 0. The van der Waals surface area contributed by atoms with E-state index in [1.165, 1.54) is 0 Å². The topological polar surface area (TPSA) is 76.8 Å². The normalized spacial score (nSPS) is 19.5. The molecule has 3 aromatic rings. The SMILES string of the molecule is CC(C)(C)[Si](C)(C)O[C@H]1CCCN(C(=O)OCc2ccccc2)[C@@H]1C[C@H](O)Cn1cnc2c(Br)cccc21. The summed E-state index contributed by atoms with van der Waals surface area (Å²) >= 11 is 3.55. The maximum Gasteiger partial charge on any atom is 0.410 e. The summed E-state index contributed by atoms with van der Waals surface area (Å²) in [6, 6.07) is 15.3. The van der Waals surface area contributed by atoms with Crippen LogP contribution in [-0.2, 0) is 22.3 Å². The van der Waals surface area contributed by atoms with Crippen molar-refractivity contribution in [3.63, 3.8) is 0 Å². The molecule has 0 saturated carbocycles. The number of halogens is 1. The fraction of sp³-hybridized carbons (Fsp3) is 0.517. The van der Waals surface area contributed by atoms with Crippen molar-refractivity contribution >= 4 is 41.4 Å². The summed E-state index contributed by atoms with van der Waals surface area (Å²) in [5.41, 5.74) is 2.76. The average molecular weight is 603 g/mol. The lowest BCUT2D eigenvalue weighted by atomic mass is 9.94. The Morgan fingerprint density at radius 1 is 1.18 bits per heavy atom. The third-order valence-electron chi connectivity index (χ3n) is 7.93. The highest BCUT2D eigenvalue weighted by Crippen LogP contribution is 2.40. The van der Waals surface area contributed by atoms with Gasteiger partial charge in [-0.05, 0) is 71.0 Å². The van der Waals surface area contributed by atoms with E-state index in [0.29, 0.717) is 19.5 Å². The van der Waals surface area contributed by atoms with Crippen molar-refractivity contribution in [1.82, 2.24) is 14.5 Å². The molecule has 9 heteroatoms. The number of aromatic nitrogens is 2. The molecule has 38 heavy (non-hydrogen) atoms. The van der Waals surface area contributed by atoms with Gasteiger partial charge in [-0.3, -0.25) is 0 Å². The largest absolute Gasteiger partial charge is 0.445 e. The Kier molecular flexibility index (Phi) is 9.02. The van der Waals surface area contributed by atoms with Gasteiger partial charge in [-0.2, -0.15) is 0 Å². The zero-order valence-electron chi connectivity index (χ0n) is 23.1. The van der Waals surface area contributed by atoms with Gasteiger partial charge < -0.3 is 23.7 Å². The molecule has 1 aliphatic heterocycles. The molecule has 1 fully saturated rings. The number of para-hydroxylation sites is 1. The zero-order valence-corrected chi connectivity index (χ0v) is 25.6. The number of carbonyl (C=O) groups is 1. The van der Waals surface area contributed by atoms with Crippen molar-refractivity contribution < 1.29 is 19.1 Å². The monoisotopic (exact) mass is 601 g/mol. The number of benzene rings is 2. The lowest BCUT2D eigenvalue weighted by Gasteiger charge is -2.46. The van der Waals surface area contributed by atoms with Gasteiger partial charge in [0.2, 0.25) is 0 Å². The first-order valence-corrected chi connectivity index (χ1v) is 17.1. The number of hydrogen-bond acceptors (Lipinski definition) is 5. The number of amides is 1. The third-order valence-corrected chi connectivity index (χ3v) is 13.1. The van der Waals surface area contributed by atoms with Gasteiger partial charge in [-0.25, -0.2) is 9.78 Å². The van der Waals surface area contributed by atoms with Gasteiger partial charge in [0.05, 0.1) is 36.6 Å². The molecule has 7 nitrogen and oxygen atoms in total. The van der Waals surface area contributed by atoms with Crippen LogP contribution in [0.5, 0.6) is 0 Å². The van der Waals surface area contributed by atoms with Crippen LogP contribution in [0.25, 0.3) is 11.0 Å². The van der Waals surface area contributed by atoms with Gasteiger partial charge in [0.1, 0.15) is 12.1 Å². The van der Waals surface area contributed by atoms with Crippen LogP contribution < -0.4 is 0 Å². The molecule has 0 unspecified atom stereocenters. The minimum atomic E-state index is -2.11. The maximum atomic E-state index is 13.4. The lowest BCUT2D eigenvalue weighted by molar-refractivity contribution is -0.0128. The number of fused-ring (bicyclic) bond motifs is 1. The summed E-state index contributed by atoms with van der Waals surface area (Å²) in [5, 5.41) is 11.3. The fourth-order valence-corrected chi connectivity index (χ4v) is 6.64. The Labute approximate surface area is 235 Å². The van der Waals surface area contributed by atoms with Crippen molar-refractivity contribution in [2.75, 3.05) is 6.54 Å². The molecule has 0 bridgehead atoms. The molecule has 0 aliphatic carbocycles. The van der Waals surface area contributed by atoms with Gasteiger partial charge in [-0.1, -0.05) is 57.2 Å². The molecule has 206 valence electrons. The summed E-state index contributed by atoms with van der Waals surface area (Å²) in [6.45, 7) is 12.3. The number of aliphatic hydroxyl groups excluding tert-OH is 1. The molecule has 1 N–H and O–H groups in total. The van der Waals surface area contributed by atoms with E-state index in [4.69, 9.17) is 9.16 Å². The predicted molar refractivity (Wildman–Crippen MR) is 156 cm³/mol. The predicted octanol–water partition coefficient (Wildman–Crippen LogP) is 6.74. The molecule has 2 aromatic carbocycles. The molecule has 1 aromatic heterocycles. The van der Waals surface area contributed by atoms with Gasteiger partial charge in [-0.15, -0.1) is 0 Å². The first-order valence-electron chi connectivity index (χ1n) is 13.4. The van der Waals surface area contributed by atoms with Gasteiger partial charge in [0.25, 0.3) is 0 Å². The first-order chi connectivity index (χ1) is 18.0.